The minimum absolute atomic E-state index is 0.0533. The highest BCUT2D eigenvalue weighted by atomic mass is 19.1. The van der Waals surface area contributed by atoms with Gasteiger partial charge in [0.05, 0.1) is 28.8 Å². The van der Waals surface area contributed by atoms with Gasteiger partial charge in [0, 0.05) is 45.7 Å². The van der Waals surface area contributed by atoms with Gasteiger partial charge in [-0.2, -0.15) is 5.10 Å². The molecular formula is C30H23FN6O. The van der Waals surface area contributed by atoms with E-state index >= 15 is 0 Å². The van der Waals surface area contributed by atoms with Crippen LogP contribution in [0.5, 0.6) is 0 Å². The van der Waals surface area contributed by atoms with Gasteiger partial charge in [0.1, 0.15) is 11.5 Å². The Hall–Kier alpha value is -4.85. The molecule has 1 aliphatic rings. The second kappa shape index (κ2) is 8.62. The minimum Gasteiger partial charge on any atom is -0.353 e. The molecule has 0 aliphatic heterocycles. The first-order chi connectivity index (χ1) is 18.5. The first kappa shape index (κ1) is 22.4. The molecule has 7 rings (SSSR count). The number of H-pyrrole nitrogens is 2. The summed E-state index contributed by atoms with van der Waals surface area (Å²) in [5, 5.41) is 12.5. The molecule has 2 aromatic carbocycles. The molecule has 0 bridgehead atoms. The molecule has 3 N–H and O–H groups in total. The Morgan fingerprint density at radius 1 is 0.921 bits per heavy atom. The summed E-state index contributed by atoms with van der Waals surface area (Å²) in [6.45, 7) is 1.87. The lowest BCUT2D eigenvalue weighted by Crippen LogP contribution is -2.13. The number of fused-ring (bicyclic) bond motifs is 2. The van der Waals surface area contributed by atoms with Crippen molar-refractivity contribution in [3.05, 3.63) is 84.6 Å². The summed E-state index contributed by atoms with van der Waals surface area (Å²) >= 11 is 0. The van der Waals surface area contributed by atoms with Crippen LogP contribution in [0, 0.1) is 18.7 Å². The average Bonchev–Trinajstić information content (AvgIpc) is 3.54. The van der Waals surface area contributed by atoms with E-state index < -0.39 is 0 Å². The second-order valence-electron chi connectivity index (χ2n) is 9.88. The number of benzene rings is 2. The number of rotatable bonds is 5. The zero-order chi connectivity index (χ0) is 25.8. The van der Waals surface area contributed by atoms with Crippen molar-refractivity contribution in [3.8, 4) is 33.8 Å². The van der Waals surface area contributed by atoms with Gasteiger partial charge in [-0.05, 0) is 79.4 Å². The minimum atomic E-state index is -0.286. The number of hydrogen-bond acceptors (Lipinski definition) is 4. The average molecular weight is 503 g/mol. The highest BCUT2D eigenvalue weighted by Gasteiger charge is 2.29. The van der Waals surface area contributed by atoms with E-state index in [0.29, 0.717) is 11.4 Å². The topological polar surface area (TPSA) is 99.3 Å². The van der Waals surface area contributed by atoms with E-state index in [4.69, 9.17) is 0 Å². The molecule has 6 aromatic rings. The van der Waals surface area contributed by atoms with Crippen LogP contribution in [0.3, 0.4) is 0 Å². The molecule has 1 amide bonds. The number of hydrogen-bond donors (Lipinski definition) is 3. The van der Waals surface area contributed by atoms with Crippen molar-refractivity contribution in [2.75, 3.05) is 5.32 Å². The number of aromatic nitrogens is 5. The molecule has 1 fully saturated rings. The lowest BCUT2D eigenvalue weighted by Gasteiger charge is -2.07. The van der Waals surface area contributed by atoms with E-state index in [2.05, 4.69) is 36.5 Å². The molecule has 0 spiro atoms. The number of halogens is 1. The van der Waals surface area contributed by atoms with Crippen LogP contribution < -0.4 is 5.32 Å². The van der Waals surface area contributed by atoms with Gasteiger partial charge < -0.3 is 10.3 Å². The SMILES string of the molecule is Cc1cc(F)cc(-c2nccc3[nH]c(-c4n[nH]c5ccc(-c6cncc(NC(=O)C7CC7)c6)cc45)cc23)c1. The zero-order valence-electron chi connectivity index (χ0n) is 20.5. The summed E-state index contributed by atoms with van der Waals surface area (Å²) < 4.78 is 14.1. The number of amides is 1. The summed E-state index contributed by atoms with van der Waals surface area (Å²) in [4.78, 5) is 24.6. The van der Waals surface area contributed by atoms with E-state index in [1.54, 1.807) is 18.6 Å². The van der Waals surface area contributed by atoms with Gasteiger partial charge in [-0.1, -0.05) is 6.07 Å². The Morgan fingerprint density at radius 2 is 1.79 bits per heavy atom. The maximum absolute atomic E-state index is 14.1. The third-order valence-electron chi connectivity index (χ3n) is 6.97. The van der Waals surface area contributed by atoms with Crippen molar-refractivity contribution in [3.63, 3.8) is 0 Å². The smallest absolute Gasteiger partial charge is 0.227 e. The van der Waals surface area contributed by atoms with E-state index in [-0.39, 0.29) is 17.6 Å². The van der Waals surface area contributed by atoms with Gasteiger partial charge in [-0.25, -0.2) is 4.39 Å². The van der Waals surface area contributed by atoms with Crippen LogP contribution in [0.25, 0.3) is 55.6 Å². The Kier molecular flexibility index (Phi) is 5.07. The molecule has 1 saturated carbocycles. The standard InChI is InChI=1S/C30H23FN6O/c1-16-8-19(10-21(31)9-16)28-24-13-27(35-25(24)6-7-33-28)29-23-12-18(4-5-26(23)36-37-29)20-11-22(15-32-14-20)34-30(38)17-2-3-17/h4-15,17,35H,2-3H2,1H3,(H,34,38)(H,36,37). The fourth-order valence-electron chi connectivity index (χ4n) is 4.94. The number of aryl methyl sites for hydroxylation is 1. The van der Waals surface area contributed by atoms with Gasteiger partial charge in [0.25, 0.3) is 0 Å². The molecule has 7 nitrogen and oxygen atoms in total. The van der Waals surface area contributed by atoms with Crippen LogP contribution in [-0.2, 0) is 4.79 Å². The molecule has 0 saturated heterocycles. The first-order valence-corrected chi connectivity index (χ1v) is 12.5. The molecular weight excluding hydrogens is 479 g/mol. The molecule has 38 heavy (non-hydrogen) atoms. The van der Waals surface area contributed by atoms with E-state index in [9.17, 15) is 9.18 Å². The molecule has 8 heteroatoms. The Bertz CT molecular complexity index is 1850. The van der Waals surface area contributed by atoms with Crippen molar-refractivity contribution in [2.24, 2.45) is 5.92 Å². The van der Waals surface area contributed by atoms with Crippen LogP contribution in [0.15, 0.2) is 73.2 Å². The molecule has 0 atom stereocenters. The normalized spacial score (nSPS) is 13.3. The quantitative estimate of drug-likeness (QED) is 0.246. The number of anilines is 1. The number of carbonyl (C=O) groups excluding carboxylic acids is 1. The van der Waals surface area contributed by atoms with Crippen LogP contribution in [0.1, 0.15) is 18.4 Å². The Labute approximate surface area is 217 Å². The Morgan fingerprint density at radius 3 is 2.63 bits per heavy atom. The summed E-state index contributed by atoms with van der Waals surface area (Å²) in [6, 6.07) is 16.9. The van der Waals surface area contributed by atoms with Crippen molar-refractivity contribution in [1.29, 1.82) is 0 Å². The van der Waals surface area contributed by atoms with Crippen molar-refractivity contribution in [1.82, 2.24) is 25.1 Å². The van der Waals surface area contributed by atoms with Crippen LogP contribution in [0.2, 0.25) is 0 Å². The summed E-state index contributed by atoms with van der Waals surface area (Å²) in [5.74, 6) is -0.107. The van der Waals surface area contributed by atoms with Gasteiger partial charge >= 0.3 is 0 Å². The monoisotopic (exact) mass is 502 g/mol. The number of carbonyl (C=O) groups is 1. The lowest BCUT2D eigenvalue weighted by atomic mass is 10.0. The van der Waals surface area contributed by atoms with Crippen LogP contribution >= 0.6 is 0 Å². The Balaban J connectivity index is 1.29. The van der Waals surface area contributed by atoms with Gasteiger partial charge in [-0.3, -0.25) is 19.9 Å². The van der Waals surface area contributed by atoms with Gasteiger partial charge in [-0.15, -0.1) is 0 Å². The highest BCUT2D eigenvalue weighted by Crippen LogP contribution is 2.35. The van der Waals surface area contributed by atoms with Crippen LogP contribution in [0.4, 0.5) is 10.1 Å². The number of pyridine rings is 2. The lowest BCUT2D eigenvalue weighted by molar-refractivity contribution is -0.117. The van der Waals surface area contributed by atoms with Crippen molar-refractivity contribution < 1.29 is 9.18 Å². The van der Waals surface area contributed by atoms with Crippen molar-refractivity contribution in [2.45, 2.75) is 19.8 Å². The van der Waals surface area contributed by atoms with Gasteiger partial charge in [0.15, 0.2) is 0 Å². The number of nitrogens with one attached hydrogen (secondary N) is 3. The summed E-state index contributed by atoms with van der Waals surface area (Å²) in [5.41, 5.74) is 8.22. The summed E-state index contributed by atoms with van der Waals surface area (Å²) in [7, 11) is 0. The second-order valence-corrected chi connectivity index (χ2v) is 9.88. The number of nitrogens with zero attached hydrogens (tertiary/aromatic N) is 3. The van der Waals surface area contributed by atoms with Crippen molar-refractivity contribution >= 4 is 33.4 Å². The highest BCUT2D eigenvalue weighted by molar-refractivity contribution is 6.01. The van der Waals surface area contributed by atoms with Gasteiger partial charge in [0.2, 0.25) is 5.91 Å². The van der Waals surface area contributed by atoms with Crippen LogP contribution in [-0.4, -0.2) is 31.1 Å². The van der Waals surface area contributed by atoms with E-state index in [1.807, 2.05) is 43.3 Å². The number of aromatic amines is 2. The predicted octanol–water partition coefficient (Wildman–Crippen LogP) is 6.63. The molecule has 0 unspecified atom stereocenters. The predicted molar refractivity (Wildman–Crippen MR) is 146 cm³/mol. The molecule has 1 aliphatic carbocycles. The molecule has 4 aromatic heterocycles. The van der Waals surface area contributed by atoms with E-state index in [1.165, 1.54) is 12.1 Å². The summed E-state index contributed by atoms with van der Waals surface area (Å²) in [6.07, 6.45) is 7.08. The maximum atomic E-state index is 14.1. The molecule has 186 valence electrons. The molecule has 0 radical (unpaired) electrons. The maximum Gasteiger partial charge on any atom is 0.227 e. The first-order valence-electron chi connectivity index (χ1n) is 12.5. The third kappa shape index (κ3) is 4.00. The largest absolute Gasteiger partial charge is 0.353 e. The zero-order valence-corrected chi connectivity index (χ0v) is 20.5. The molecule has 4 heterocycles. The van der Waals surface area contributed by atoms with E-state index in [0.717, 1.165) is 68.3 Å². The fraction of sp³-hybridized carbons (Fsp3) is 0.133. The third-order valence-corrected chi connectivity index (χ3v) is 6.97. The fourth-order valence-corrected chi connectivity index (χ4v) is 4.94.